The van der Waals surface area contributed by atoms with Crippen LogP contribution in [0.15, 0.2) is 65.1 Å². The van der Waals surface area contributed by atoms with Gasteiger partial charge in [-0.05, 0) is 25.0 Å². The van der Waals surface area contributed by atoms with Crippen LogP contribution >= 0.6 is 0 Å². The molecule has 0 atom stereocenters. The highest BCUT2D eigenvalue weighted by atomic mass is 16.5. The maximum absolute atomic E-state index is 12.6. The predicted molar refractivity (Wildman–Crippen MR) is 99.3 cm³/mol. The lowest BCUT2D eigenvalue weighted by Gasteiger charge is -2.07. The molecule has 0 saturated carbocycles. The summed E-state index contributed by atoms with van der Waals surface area (Å²) in [6.45, 7) is 3.61. The van der Waals surface area contributed by atoms with Crippen molar-refractivity contribution in [2.75, 3.05) is 0 Å². The van der Waals surface area contributed by atoms with Crippen LogP contribution in [0.3, 0.4) is 0 Å². The predicted octanol–water partition coefficient (Wildman–Crippen LogP) is 4.61. The first kappa shape index (κ1) is 18.5. The Balaban J connectivity index is 1.73. The van der Waals surface area contributed by atoms with Crippen LogP contribution in [0.2, 0.25) is 0 Å². The number of esters is 2. The minimum absolute atomic E-state index is 0.0942. The van der Waals surface area contributed by atoms with Gasteiger partial charge in [-0.25, -0.2) is 9.59 Å². The zero-order valence-corrected chi connectivity index (χ0v) is 15.2. The van der Waals surface area contributed by atoms with Crippen molar-refractivity contribution in [3.63, 3.8) is 0 Å². The lowest BCUT2D eigenvalue weighted by Crippen LogP contribution is -2.13. The molecule has 0 aliphatic heterocycles. The van der Waals surface area contributed by atoms with Gasteiger partial charge in [-0.1, -0.05) is 60.7 Å². The quantitative estimate of drug-likeness (QED) is 0.598. The lowest BCUT2D eigenvalue weighted by atomic mass is 10.1. The SMILES string of the molecule is Cc1oc(C(=O)OCc2ccccc2)c(C(=O)OCc2ccccc2)c1C. The van der Waals surface area contributed by atoms with Crippen molar-refractivity contribution < 1.29 is 23.5 Å². The summed E-state index contributed by atoms with van der Waals surface area (Å²) in [5, 5.41) is 0. The van der Waals surface area contributed by atoms with Crippen LogP contribution < -0.4 is 0 Å². The normalized spacial score (nSPS) is 10.4. The third kappa shape index (κ3) is 4.44. The number of hydrogen-bond acceptors (Lipinski definition) is 5. The summed E-state index contributed by atoms with van der Waals surface area (Å²) in [6.07, 6.45) is 0. The molecule has 0 N–H and O–H groups in total. The Kier molecular flexibility index (Phi) is 5.71. The molecule has 0 aliphatic carbocycles. The van der Waals surface area contributed by atoms with E-state index in [0.717, 1.165) is 11.1 Å². The zero-order chi connectivity index (χ0) is 19.2. The smallest absolute Gasteiger partial charge is 0.375 e. The van der Waals surface area contributed by atoms with Crippen molar-refractivity contribution >= 4 is 11.9 Å². The maximum Gasteiger partial charge on any atom is 0.375 e. The molecular formula is C22H20O5. The molecular weight excluding hydrogens is 344 g/mol. The van der Waals surface area contributed by atoms with E-state index >= 15 is 0 Å². The van der Waals surface area contributed by atoms with Crippen molar-refractivity contribution in [3.05, 3.63) is 94.4 Å². The van der Waals surface area contributed by atoms with Crippen LogP contribution in [0.1, 0.15) is 43.4 Å². The number of rotatable bonds is 6. The Morgan fingerprint density at radius 3 is 1.78 bits per heavy atom. The molecule has 3 rings (SSSR count). The first-order valence-corrected chi connectivity index (χ1v) is 8.58. The molecule has 138 valence electrons. The Hall–Kier alpha value is -3.34. The third-order valence-electron chi connectivity index (χ3n) is 4.20. The van der Waals surface area contributed by atoms with Gasteiger partial charge in [-0.3, -0.25) is 0 Å². The molecule has 5 nitrogen and oxygen atoms in total. The zero-order valence-electron chi connectivity index (χ0n) is 15.2. The molecule has 5 heteroatoms. The van der Waals surface area contributed by atoms with Crippen molar-refractivity contribution in [3.8, 4) is 0 Å². The van der Waals surface area contributed by atoms with E-state index in [0.29, 0.717) is 11.3 Å². The fraction of sp³-hybridized carbons (Fsp3) is 0.182. The molecule has 1 aromatic heterocycles. The summed E-state index contributed by atoms with van der Waals surface area (Å²) in [6, 6.07) is 18.6. The molecule has 0 aliphatic rings. The van der Waals surface area contributed by atoms with Gasteiger partial charge in [-0.2, -0.15) is 0 Å². The van der Waals surface area contributed by atoms with Gasteiger partial charge in [-0.15, -0.1) is 0 Å². The van der Waals surface area contributed by atoms with Gasteiger partial charge in [0.2, 0.25) is 5.76 Å². The van der Waals surface area contributed by atoms with E-state index in [1.807, 2.05) is 60.7 Å². The van der Waals surface area contributed by atoms with Gasteiger partial charge in [0.05, 0.1) is 0 Å². The van der Waals surface area contributed by atoms with Crippen LogP contribution in [0.25, 0.3) is 0 Å². The fourth-order valence-electron chi connectivity index (χ4n) is 2.60. The topological polar surface area (TPSA) is 65.7 Å². The molecule has 0 fully saturated rings. The summed E-state index contributed by atoms with van der Waals surface area (Å²) in [7, 11) is 0. The molecule has 0 bridgehead atoms. The highest BCUT2D eigenvalue weighted by molar-refractivity contribution is 6.02. The van der Waals surface area contributed by atoms with Crippen LogP contribution in [-0.2, 0) is 22.7 Å². The molecule has 0 unspecified atom stereocenters. The monoisotopic (exact) mass is 364 g/mol. The summed E-state index contributed by atoms with van der Waals surface area (Å²) in [5.74, 6) is -0.950. The maximum atomic E-state index is 12.6. The summed E-state index contributed by atoms with van der Waals surface area (Å²) in [5.41, 5.74) is 2.39. The number of furan rings is 1. The number of benzene rings is 2. The average Bonchev–Trinajstić information content (AvgIpc) is 3.00. The van der Waals surface area contributed by atoms with E-state index in [-0.39, 0.29) is 24.5 Å². The molecule has 27 heavy (non-hydrogen) atoms. The molecule has 0 amide bonds. The number of carbonyl (C=O) groups excluding carboxylic acids is 2. The van der Waals surface area contributed by atoms with E-state index in [4.69, 9.17) is 13.9 Å². The first-order valence-electron chi connectivity index (χ1n) is 8.58. The summed E-state index contributed by atoms with van der Waals surface area (Å²) in [4.78, 5) is 25.0. The fourth-order valence-corrected chi connectivity index (χ4v) is 2.60. The second kappa shape index (κ2) is 8.36. The second-order valence-electron chi connectivity index (χ2n) is 6.11. The van der Waals surface area contributed by atoms with Crippen LogP contribution in [0, 0.1) is 13.8 Å². The highest BCUT2D eigenvalue weighted by Crippen LogP contribution is 2.24. The van der Waals surface area contributed by atoms with Crippen molar-refractivity contribution in [2.45, 2.75) is 27.1 Å². The standard InChI is InChI=1S/C22H20O5/c1-15-16(2)27-20(22(24)26-14-18-11-7-4-8-12-18)19(15)21(23)25-13-17-9-5-3-6-10-17/h3-12H,13-14H2,1-2H3. The number of ether oxygens (including phenoxy) is 2. The van der Waals surface area contributed by atoms with Crippen molar-refractivity contribution in [2.24, 2.45) is 0 Å². The Labute approximate surface area is 157 Å². The van der Waals surface area contributed by atoms with Gasteiger partial charge in [0, 0.05) is 5.56 Å². The highest BCUT2D eigenvalue weighted by Gasteiger charge is 2.28. The summed E-state index contributed by atoms with van der Waals surface area (Å²) >= 11 is 0. The minimum atomic E-state index is -0.693. The van der Waals surface area contributed by atoms with E-state index in [2.05, 4.69) is 0 Å². The van der Waals surface area contributed by atoms with E-state index in [9.17, 15) is 9.59 Å². The van der Waals surface area contributed by atoms with Crippen LogP contribution in [0.4, 0.5) is 0 Å². The van der Waals surface area contributed by atoms with Gasteiger partial charge in [0.15, 0.2) is 0 Å². The van der Waals surface area contributed by atoms with Crippen molar-refractivity contribution in [1.82, 2.24) is 0 Å². The molecule has 0 spiro atoms. The van der Waals surface area contributed by atoms with E-state index in [1.165, 1.54) is 0 Å². The average molecular weight is 364 g/mol. The van der Waals surface area contributed by atoms with E-state index in [1.54, 1.807) is 13.8 Å². The van der Waals surface area contributed by atoms with Gasteiger partial charge < -0.3 is 13.9 Å². The number of carbonyl (C=O) groups is 2. The van der Waals surface area contributed by atoms with E-state index < -0.39 is 11.9 Å². The largest absolute Gasteiger partial charge is 0.457 e. The molecule has 1 heterocycles. The lowest BCUT2D eigenvalue weighted by molar-refractivity contribution is 0.0397. The third-order valence-corrected chi connectivity index (χ3v) is 4.20. The first-order chi connectivity index (χ1) is 13.1. The summed E-state index contributed by atoms with van der Waals surface area (Å²) < 4.78 is 16.1. The van der Waals surface area contributed by atoms with Crippen LogP contribution in [0.5, 0.6) is 0 Å². The number of aryl methyl sites for hydroxylation is 1. The minimum Gasteiger partial charge on any atom is -0.457 e. The second-order valence-corrected chi connectivity index (χ2v) is 6.11. The Morgan fingerprint density at radius 1 is 0.778 bits per heavy atom. The number of hydrogen-bond donors (Lipinski definition) is 0. The Morgan fingerprint density at radius 2 is 1.26 bits per heavy atom. The van der Waals surface area contributed by atoms with Gasteiger partial charge in [0.25, 0.3) is 0 Å². The van der Waals surface area contributed by atoms with Crippen molar-refractivity contribution in [1.29, 1.82) is 0 Å². The van der Waals surface area contributed by atoms with Crippen LogP contribution in [-0.4, -0.2) is 11.9 Å². The molecule has 3 aromatic rings. The Bertz CT molecular complexity index is 926. The van der Waals surface area contributed by atoms with Gasteiger partial charge >= 0.3 is 11.9 Å². The molecule has 2 aromatic carbocycles. The molecule has 0 saturated heterocycles. The molecule has 0 radical (unpaired) electrons. The van der Waals surface area contributed by atoms with Gasteiger partial charge in [0.1, 0.15) is 24.5 Å².